The van der Waals surface area contributed by atoms with Crippen LogP contribution in [0.3, 0.4) is 0 Å². The summed E-state index contributed by atoms with van der Waals surface area (Å²) in [6.07, 6.45) is 2.47. The second-order valence-corrected chi connectivity index (χ2v) is 6.31. The highest BCUT2D eigenvalue weighted by atomic mass is 35.5. The van der Waals surface area contributed by atoms with Gasteiger partial charge in [-0.15, -0.1) is 12.4 Å². The van der Waals surface area contributed by atoms with Crippen LogP contribution in [0.15, 0.2) is 24.3 Å². The number of benzene rings is 1. The fourth-order valence-corrected chi connectivity index (χ4v) is 3.43. The minimum absolute atomic E-state index is 0. The molecule has 2 aliphatic rings. The molecule has 1 aromatic carbocycles. The summed E-state index contributed by atoms with van der Waals surface area (Å²) in [5.74, 6) is 0.0959. The molecule has 1 amide bonds. The van der Waals surface area contributed by atoms with E-state index >= 15 is 0 Å². The van der Waals surface area contributed by atoms with E-state index in [1.165, 1.54) is 18.4 Å². The Balaban J connectivity index is 0.00000161. The van der Waals surface area contributed by atoms with Crippen molar-refractivity contribution in [2.75, 3.05) is 38.0 Å². The summed E-state index contributed by atoms with van der Waals surface area (Å²) < 4.78 is 0. The zero-order chi connectivity index (χ0) is 14.0. The molecule has 5 heteroatoms. The van der Waals surface area contributed by atoms with Gasteiger partial charge < -0.3 is 10.6 Å². The first-order valence-corrected chi connectivity index (χ1v) is 7.45. The van der Waals surface area contributed by atoms with Crippen molar-refractivity contribution in [3.8, 4) is 0 Å². The monoisotopic (exact) mass is 309 g/mol. The average molecular weight is 310 g/mol. The molecule has 1 unspecified atom stereocenters. The van der Waals surface area contributed by atoms with Crippen molar-refractivity contribution in [2.24, 2.45) is 5.41 Å². The average Bonchev–Trinajstić information content (AvgIpc) is 3.00. The third-order valence-electron chi connectivity index (χ3n) is 4.52. The molecule has 4 nitrogen and oxygen atoms in total. The topological polar surface area (TPSA) is 44.4 Å². The first kappa shape index (κ1) is 16.3. The van der Waals surface area contributed by atoms with Crippen molar-refractivity contribution in [3.63, 3.8) is 0 Å². The van der Waals surface area contributed by atoms with Crippen LogP contribution in [0.2, 0.25) is 0 Å². The lowest BCUT2D eigenvalue weighted by Gasteiger charge is -2.22. The number of amides is 1. The normalized spacial score (nSPS) is 25.0. The van der Waals surface area contributed by atoms with Crippen molar-refractivity contribution in [1.82, 2.24) is 10.2 Å². The predicted octanol–water partition coefficient (Wildman–Crippen LogP) is 2.04. The number of hydrogen-bond donors (Lipinski definition) is 2. The maximum absolute atomic E-state index is 12.1. The molecule has 2 saturated heterocycles. The van der Waals surface area contributed by atoms with E-state index in [1.807, 2.05) is 31.2 Å². The number of carbonyl (C=O) groups excluding carboxylic acids is 1. The summed E-state index contributed by atoms with van der Waals surface area (Å²) in [7, 11) is 0. The number of anilines is 1. The minimum Gasteiger partial charge on any atom is -0.325 e. The van der Waals surface area contributed by atoms with Crippen LogP contribution in [-0.4, -0.2) is 43.5 Å². The molecule has 0 aliphatic carbocycles. The molecule has 1 spiro atoms. The summed E-state index contributed by atoms with van der Waals surface area (Å²) in [5.41, 5.74) is 2.50. The molecule has 116 valence electrons. The van der Waals surface area contributed by atoms with Gasteiger partial charge in [0.2, 0.25) is 5.91 Å². The molecular formula is C16H24ClN3O. The Labute approximate surface area is 132 Å². The number of rotatable bonds is 3. The Morgan fingerprint density at radius 3 is 3.00 bits per heavy atom. The molecule has 3 rings (SSSR count). The zero-order valence-electron chi connectivity index (χ0n) is 12.5. The van der Waals surface area contributed by atoms with Gasteiger partial charge in [0.05, 0.1) is 6.54 Å². The Morgan fingerprint density at radius 2 is 2.29 bits per heavy atom. The lowest BCUT2D eigenvalue weighted by molar-refractivity contribution is -0.117. The van der Waals surface area contributed by atoms with E-state index in [2.05, 4.69) is 15.5 Å². The van der Waals surface area contributed by atoms with Crippen LogP contribution in [0.1, 0.15) is 18.4 Å². The van der Waals surface area contributed by atoms with Gasteiger partial charge in [0.25, 0.3) is 0 Å². The number of likely N-dealkylation sites (tertiary alicyclic amines) is 1. The summed E-state index contributed by atoms with van der Waals surface area (Å²) in [6, 6.07) is 7.95. The number of hydrogen-bond acceptors (Lipinski definition) is 3. The number of aryl methyl sites for hydroxylation is 1. The van der Waals surface area contributed by atoms with E-state index in [1.54, 1.807) is 0 Å². The van der Waals surface area contributed by atoms with Crippen LogP contribution < -0.4 is 10.6 Å². The van der Waals surface area contributed by atoms with Crippen LogP contribution in [0, 0.1) is 12.3 Å². The van der Waals surface area contributed by atoms with Crippen molar-refractivity contribution in [1.29, 1.82) is 0 Å². The van der Waals surface area contributed by atoms with E-state index in [0.29, 0.717) is 12.0 Å². The molecule has 0 aromatic heterocycles. The molecule has 2 aliphatic heterocycles. The van der Waals surface area contributed by atoms with Gasteiger partial charge in [-0.25, -0.2) is 0 Å². The van der Waals surface area contributed by atoms with Gasteiger partial charge in [-0.1, -0.05) is 12.1 Å². The van der Waals surface area contributed by atoms with E-state index in [4.69, 9.17) is 0 Å². The molecule has 2 heterocycles. The molecule has 0 saturated carbocycles. The summed E-state index contributed by atoms with van der Waals surface area (Å²) in [4.78, 5) is 14.4. The SMILES string of the molecule is Cc1cccc(NC(=O)CN2CCC3(CCNC3)C2)c1.Cl. The van der Waals surface area contributed by atoms with Gasteiger partial charge in [0, 0.05) is 18.8 Å². The highest BCUT2D eigenvalue weighted by Crippen LogP contribution is 2.35. The lowest BCUT2D eigenvalue weighted by Crippen LogP contribution is -2.34. The Hall–Kier alpha value is -1.10. The fourth-order valence-electron chi connectivity index (χ4n) is 3.43. The largest absolute Gasteiger partial charge is 0.325 e. The van der Waals surface area contributed by atoms with Crippen LogP contribution in [0.4, 0.5) is 5.69 Å². The zero-order valence-corrected chi connectivity index (χ0v) is 13.3. The van der Waals surface area contributed by atoms with Crippen LogP contribution in [-0.2, 0) is 4.79 Å². The molecular weight excluding hydrogens is 286 g/mol. The standard InChI is InChI=1S/C16H23N3O.ClH/c1-13-3-2-4-14(9-13)18-15(20)10-19-8-6-16(12-19)5-7-17-11-16;/h2-4,9,17H,5-8,10-12H2,1H3,(H,18,20);1H. The molecule has 0 bridgehead atoms. The number of carbonyl (C=O) groups is 1. The number of nitrogens with one attached hydrogen (secondary N) is 2. The lowest BCUT2D eigenvalue weighted by atomic mass is 9.87. The van der Waals surface area contributed by atoms with Gasteiger partial charge in [0.15, 0.2) is 0 Å². The summed E-state index contributed by atoms with van der Waals surface area (Å²) in [5, 5.41) is 6.44. The number of halogens is 1. The third-order valence-corrected chi connectivity index (χ3v) is 4.52. The smallest absolute Gasteiger partial charge is 0.238 e. The summed E-state index contributed by atoms with van der Waals surface area (Å²) in [6.45, 7) is 6.89. The maximum Gasteiger partial charge on any atom is 0.238 e. The molecule has 1 aromatic rings. The highest BCUT2D eigenvalue weighted by molar-refractivity contribution is 5.92. The maximum atomic E-state index is 12.1. The Kier molecular flexibility index (Phi) is 5.25. The van der Waals surface area contributed by atoms with Gasteiger partial charge in [-0.3, -0.25) is 9.69 Å². The second-order valence-electron chi connectivity index (χ2n) is 6.31. The van der Waals surface area contributed by atoms with Crippen molar-refractivity contribution < 1.29 is 4.79 Å². The quantitative estimate of drug-likeness (QED) is 0.898. The molecule has 21 heavy (non-hydrogen) atoms. The van der Waals surface area contributed by atoms with Gasteiger partial charge in [-0.05, 0) is 56.0 Å². The van der Waals surface area contributed by atoms with Crippen molar-refractivity contribution in [3.05, 3.63) is 29.8 Å². The van der Waals surface area contributed by atoms with E-state index in [0.717, 1.165) is 31.9 Å². The molecule has 2 fully saturated rings. The number of nitrogens with zero attached hydrogens (tertiary/aromatic N) is 1. The van der Waals surface area contributed by atoms with Crippen molar-refractivity contribution in [2.45, 2.75) is 19.8 Å². The molecule has 0 radical (unpaired) electrons. The third kappa shape index (κ3) is 3.96. The van der Waals surface area contributed by atoms with Gasteiger partial charge in [0.1, 0.15) is 0 Å². The van der Waals surface area contributed by atoms with Crippen LogP contribution in [0.25, 0.3) is 0 Å². The van der Waals surface area contributed by atoms with E-state index in [9.17, 15) is 4.79 Å². The van der Waals surface area contributed by atoms with Crippen molar-refractivity contribution >= 4 is 24.0 Å². The second kappa shape index (κ2) is 6.77. The van der Waals surface area contributed by atoms with Gasteiger partial charge in [-0.2, -0.15) is 0 Å². The molecule has 1 atom stereocenters. The first-order valence-electron chi connectivity index (χ1n) is 7.45. The summed E-state index contributed by atoms with van der Waals surface area (Å²) >= 11 is 0. The predicted molar refractivity (Wildman–Crippen MR) is 88.0 cm³/mol. The first-order chi connectivity index (χ1) is 9.65. The highest BCUT2D eigenvalue weighted by Gasteiger charge is 2.40. The Bertz CT molecular complexity index is 500. The van der Waals surface area contributed by atoms with E-state index < -0.39 is 0 Å². The van der Waals surface area contributed by atoms with Gasteiger partial charge >= 0.3 is 0 Å². The fraction of sp³-hybridized carbons (Fsp3) is 0.562. The van der Waals surface area contributed by atoms with Crippen LogP contribution >= 0.6 is 12.4 Å². The van der Waals surface area contributed by atoms with E-state index in [-0.39, 0.29) is 18.3 Å². The molecule has 2 N–H and O–H groups in total. The Morgan fingerprint density at radius 1 is 1.43 bits per heavy atom. The minimum atomic E-state index is 0. The van der Waals surface area contributed by atoms with Crippen LogP contribution in [0.5, 0.6) is 0 Å².